The first kappa shape index (κ1) is 14.0. The van der Waals surface area contributed by atoms with Crippen molar-refractivity contribution in [2.24, 2.45) is 0 Å². The lowest BCUT2D eigenvalue weighted by atomic mass is 10.3. The van der Waals surface area contributed by atoms with Gasteiger partial charge in [-0.3, -0.25) is 19.2 Å². The average Bonchev–Trinajstić information content (AvgIpc) is 2.77. The molecule has 1 aromatic carbocycles. The zero-order valence-corrected chi connectivity index (χ0v) is 10.8. The van der Waals surface area contributed by atoms with Crippen molar-refractivity contribution in [3.63, 3.8) is 0 Å². The van der Waals surface area contributed by atoms with Crippen LogP contribution in [0.15, 0.2) is 30.5 Å². The molecule has 7 nitrogen and oxygen atoms in total. The Hall–Kier alpha value is -2.41. The van der Waals surface area contributed by atoms with Gasteiger partial charge in [0.25, 0.3) is 0 Å². The molecule has 0 atom stereocenters. The van der Waals surface area contributed by atoms with E-state index >= 15 is 0 Å². The minimum atomic E-state index is -1.04. The van der Waals surface area contributed by atoms with Crippen LogP contribution in [0.2, 0.25) is 0 Å². The molecule has 2 aromatic rings. The fourth-order valence-corrected chi connectivity index (χ4v) is 1.97. The number of carboxylic acids is 2. The normalized spacial score (nSPS) is 11.1. The third-order valence-electron chi connectivity index (χ3n) is 2.82. The first-order valence-corrected chi connectivity index (χ1v) is 6.13. The van der Waals surface area contributed by atoms with Crippen LogP contribution in [0.5, 0.6) is 0 Å². The van der Waals surface area contributed by atoms with Gasteiger partial charge in [-0.1, -0.05) is 18.2 Å². The zero-order valence-electron chi connectivity index (χ0n) is 10.8. The molecule has 1 aromatic heterocycles. The Bertz CT molecular complexity index is 574. The number of hydrogen-bond acceptors (Lipinski definition) is 4. The van der Waals surface area contributed by atoms with E-state index in [1.165, 1.54) is 4.90 Å². The largest absolute Gasteiger partial charge is 0.480 e. The number of carboxylic acid groups (broad SMARTS) is 2. The van der Waals surface area contributed by atoms with E-state index in [9.17, 15) is 9.59 Å². The lowest BCUT2D eigenvalue weighted by molar-refractivity contribution is -0.141. The van der Waals surface area contributed by atoms with Crippen molar-refractivity contribution < 1.29 is 19.8 Å². The molecule has 0 fully saturated rings. The Morgan fingerprint density at radius 3 is 2.40 bits per heavy atom. The van der Waals surface area contributed by atoms with Gasteiger partial charge in [0.2, 0.25) is 0 Å². The van der Waals surface area contributed by atoms with E-state index in [1.807, 2.05) is 30.5 Å². The quantitative estimate of drug-likeness (QED) is 0.765. The van der Waals surface area contributed by atoms with E-state index in [4.69, 9.17) is 10.2 Å². The molecule has 0 bridgehead atoms. The van der Waals surface area contributed by atoms with Crippen molar-refractivity contribution in [3.8, 4) is 0 Å². The van der Waals surface area contributed by atoms with Crippen LogP contribution in [-0.2, 0) is 16.1 Å². The van der Waals surface area contributed by atoms with E-state index in [0.29, 0.717) is 13.1 Å². The molecule has 0 unspecified atom stereocenters. The number of aromatic nitrogens is 2. The molecule has 106 valence electrons. The molecular weight excluding hydrogens is 262 g/mol. The Balaban J connectivity index is 2.00. The summed E-state index contributed by atoms with van der Waals surface area (Å²) in [6.45, 7) is 0.155. The van der Waals surface area contributed by atoms with Crippen molar-refractivity contribution in [3.05, 3.63) is 30.5 Å². The van der Waals surface area contributed by atoms with Crippen LogP contribution in [0.3, 0.4) is 0 Å². The van der Waals surface area contributed by atoms with Crippen molar-refractivity contribution in [2.75, 3.05) is 19.6 Å². The highest BCUT2D eigenvalue weighted by atomic mass is 16.4. The third-order valence-corrected chi connectivity index (χ3v) is 2.82. The fraction of sp³-hybridized carbons (Fsp3) is 0.308. The number of carbonyl (C=O) groups is 2. The number of rotatable bonds is 7. The van der Waals surface area contributed by atoms with Crippen molar-refractivity contribution >= 4 is 22.8 Å². The van der Waals surface area contributed by atoms with Crippen molar-refractivity contribution in [1.29, 1.82) is 0 Å². The zero-order chi connectivity index (χ0) is 14.5. The minimum absolute atomic E-state index is 0.299. The molecule has 0 aliphatic heterocycles. The molecule has 2 N–H and O–H groups in total. The molecule has 0 aliphatic carbocycles. The summed E-state index contributed by atoms with van der Waals surface area (Å²) in [5.74, 6) is -2.09. The number of fused-ring (bicyclic) bond motifs is 1. The smallest absolute Gasteiger partial charge is 0.317 e. The molecule has 1 heterocycles. The summed E-state index contributed by atoms with van der Waals surface area (Å²) in [6.07, 6.45) is 1.86. The van der Waals surface area contributed by atoms with Gasteiger partial charge in [-0.25, -0.2) is 0 Å². The van der Waals surface area contributed by atoms with Gasteiger partial charge in [0.05, 0.1) is 25.2 Å². The number of nitrogens with zero attached hydrogens (tertiary/aromatic N) is 3. The van der Waals surface area contributed by atoms with Gasteiger partial charge in [-0.05, 0) is 6.07 Å². The van der Waals surface area contributed by atoms with E-state index in [0.717, 1.165) is 10.9 Å². The van der Waals surface area contributed by atoms with Gasteiger partial charge < -0.3 is 10.2 Å². The summed E-state index contributed by atoms with van der Waals surface area (Å²) in [6, 6.07) is 7.62. The first-order chi connectivity index (χ1) is 9.54. The molecule has 0 saturated carbocycles. The van der Waals surface area contributed by atoms with E-state index in [2.05, 4.69) is 5.10 Å². The lowest BCUT2D eigenvalue weighted by Gasteiger charge is -2.17. The topological polar surface area (TPSA) is 95.7 Å². The summed E-state index contributed by atoms with van der Waals surface area (Å²) < 4.78 is 1.70. The second-order valence-electron chi connectivity index (χ2n) is 4.45. The third kappa shape index (κ3) is 3.79. The van der Waals surface area contributed by atoms with Crippen molar-refractivity contribution in [1.82, 2.24) is 14.7 Å². The predicted molar refractivity (Wildman–Crippen MR) is 71.4 cm³/mol. The molecule has 0 saturated heterocycles. The molecule has 0 radical (unpaired) electrons. The highest BCUT2D eigenvalue weighted by Crippen LogP contribution is 2.10. The van der Waals surface area contributed by atoms with Crippen molar-refractivity contribution in [2.45, 2.75) is 6.54 Å². The Kier molecular flexibility index (Phi) is 4.31. The van der Waals surface area contributed by atoms with Crippen LogP contribution in [0, 0.1) is 0 Å². The van der Waals surface area contributed by atoms with E-state index < -0.39 is 11.9 Å². The maximum atomic E-state index is 10.7. The Morgan fingerprint density at radius 1 is 1.15 bits per heavy atom. The maximum absolute atomic E-state index is 10.7. The number of benzene rings is 1. The van der Waals surface area contributed by atoms with Crippen LogP contribution in [-0.4, -0.2) is 56.5 Å². The molecule has 7 heteroatoms. The van der Waals surface area contributed by atoms with Gasteiger partial charge in [0.1, 0.15) is 0 Å². The maximum Gasteiger partial charge on any atom is 0.317 e. The monoisotopic (exact) mass is 277 g/mol. The molecule has 0 aliphatic rings. The predicted octanol–water partition coefficient (Wildman–Crippen LogP) is 0.507. The van der Waals surface area contributed by atoms with Crippen LogP contribution in [0.25, 0.3) is 10.9 Å². The SMILES string of the molecule is O=C(O)CN(CCn1cc2ccccc2n1)CC(=O)O. The van der Waals surface area contributed by atoms with Gasteiger partial charge in [0, 0.05) is 18.1 Å². The highest BCUT2D eigenvalue weighted by Gasteiger charge is 2.13. The summed E-state index contributed by atoms with van der Waals surface area (Å²) in [4.78, 5) is 22.7. The number of hydrogen-bond donors (Lipinski definition) is 2. The fourth-order valence-electron chi connectivity index (χ4n) is 1.97. The molecule has 2 rings (SSSR count). The van der Waals surface area contributed by atoms with Gasteiger partial charge in [0.15, 0.2) is 0 Å². The second-order valence-corrected chi connectivity index (χ2v) is 4.45. The standard InChI is InChI=1S/C13H15N3O4/c17-12(18)8-15(9-13(19)20)5-6-16-7-10-3-1-2-4-11(10)14-16/h1-4,7H,5-6,8-9H2,(H,17,18)(H,19,20). The first-order valence-electron chi connectivity index (χ1n) is 6.13. The van der Waals surface area contributed by atoms with Crippen LogP contribution in [0.1, 0.15) is 0 Å². The average molecular weight is 277 g/mol. The summed E-state index contributed by atoms with van der Waals surface area (Å²) >= 11 is 0. The van der Waals surface area contributed by atoms with Gasteiger partial charge >= 0.3 is 11.9 Å². The Labute approximate surface area is 115 Å². The van der Waals surface area contributed by atoms with Crippen LogP contribution >= 0.6 is 0 Å². The van der Waals surface area contributed by atoms with Gasteiger partial charge in [-0.2, -0.15) is 5.10 Å². The Morgan fingerprint density at radius 2 is 1.80 bits per heavy atom. The van der Waals surface area contributed by atoms with E-state index in [-0.39, 0.29) is 13.1 Å². The summed E-state index contributed by atoms with van der Waals surface area (Å²) in [5.41, 5.74) is 0.857. The second kappa shape index (κ2) is 6.16. The molecule has 20 heavy (non-hydrogen) atoms. The summed E-state index contributed by atoms with van der Waals surface area (Å²) in [7, 11) is 0. The molecule has 0 spiro atoms. The van der Waals surface area contributed by atoms with Crippen LogP contribution < -0.4 is 0 Å². The van der Waals surface area contributed by atoms with E-state index in [1.54, 1.807) is 4.68 Å². The minimum Gasteiger partial charge on any atom is -0.480 e. The van der Waals surface area contributed by atoms with Crippen LogP contribution in [0.4, 0.5) is 0 Å². The molecular formula is C13H15N3O4. The lowest BCUT2D eigenvalue weighted by Crippen LogP contribution is -2.36. The summed E-state index contributed by atoms with van der Waals surface area (Å²) in [5, 5.41) is 22.8. The number of aliphatic carboxylic acids is 2. The highest BCUT2D eigenvalue weighted by molar-refractivity contribution is 5.77. The van der Waals surface area contributed by atoms with Gasteiger partial charge in [-0.15, -0.1) is 0 Å². The molecule has 0 amide bonds.